The molecule has 96 valence electrons. The second-order valence-corrected chi connectivity index (χ2v) is 5.54. The van der Waals surface area contributed by atoms with Gasteiger partial charge in [0.25, 0.3) is 0 Å². The van der Waals surface area contributed by atoms with E-state index in [1.165, 1.54) is 0 Å². The molecule has 0 fully saturated rings. The van der Waals surface area contributed by atoms with Crippen LogP contribution in [-0.4, -0.2) is 26.1 Å². The zero-order valence-corrected chi connectivity index (χ0v) is 11.9. The van der Waals surface area contributed by atoms with E-state index in [2.05, 4.69) is 31.2 Å². The van der Waals surface area contributed by atoms with Gasteiger partial charge < -0.3 is 9.14 Å². The van der Waals surface area contributed by atoms with Crippen LogP contribution in [0.1, 0.15) is 20.8 Å². The van der Waals surface area contributed by atoms with Gasteiger partial charge in [-0.3, -0.25) is 5.32 Å². The molecule has 0 aliphatic carbocycles. The Bertz CT molecular complexity index is 588. The van der Waals surface area contributed by atoms with E-state index in [1.807, 2.05) is 0 Å². The minimum Gasteiger partial charge on any atom is -0.444 e. The third kappa shape index (κ3) is 3.19. The van der Waals surface area contributed by atoms with Crippen molar-refractivity contribution in [2.24, 2.45) is 0 Å². The fourth-order valence-corrected chi connectivity index (χ4v) is 1.67. The van der Waals surface area contributed by atoms with Gasteiger partial charge in [0.1, 0.15) is 10.2 Å². The summed E-state index contributed by atoms with van der Waals surface area (Å²) in [6.45, 7) is 5.41. The summed E-state index contributed by atoms with van der Waals surface area (Å²) in [4.78, 5) is 19.8. The minimum atomic E-state index is -0.534. The van der Waals surface area contributed by atoms with Crippen molar-refractivity contribution in [1.82, 2.24) is 14.4 Å². The summed E-state index contributed by atoms with van der Waals surface area (Å²) in [5, 5.41) is 2.57. The molecule has 2 aromatic heterocycles. The molecular formula is C11H13BrN4O2. The van der Waals surface area contributed by atoms with Crippen molar-refractivity contribution in [1.29, 1.82) is 0 Å². The molecule has 0 aromatic carbocycles. The summed E-state index contributed by atoms with van der Waals surface area (Å²) in [6.07, 6.45) is 4.51. The number of ether oxygens (including phenoxy) is 1. The molecule has 2 rings (SSSR count). The molecule has 0 bridgehead atoms. The molecule has 0 aliphatic rings. The Morgan fingerprint density at radius 3 is 2.83 bits per heavy atom. The number of carbonyl (C=O) groups is 1. The van der Waals surface area contributed by atoms with Gasteiger partial charge in [0.15, 0.2) is 11.5 Å². The zero-order valence-electron chi connectivity index (χ0n) is 10.3. The highest BCUT2D eigenvalue weighted by Gasteiger charge is 2.17. The lowest BCUT2D eigenvalue weighted by Gasteiger charge is -2.18. The largest absolute Gasteiger partial charge is 0.444 e. The Kier molecular flexibility index (Phi) is 3.25. The topological polar surface area (TPSA) is 68.5 Å². The summed E-state index contributed by atoms with van der Waals surface area (Å²) in [7, 11) is 0. The van der Waals surface area contributed by atoms with Crippen LogP contribution in [0.3, 0.4) is 0 Å². The van der Waals surface area contributed by atoms with E-state index in [0.29, 0.717) is 16.1 Å². The Balaban J connectivity index is 2.15. The van der Waals surface area contributed by atoms with Crippen LogP contribution in [0.2, 0.25) is 0 Å². The first kappa shape index (κ1) is 12.8. The number of amides is 1. The van der Waals surface area contributed by atoms with E-state index in [0.717, 1.165) is 0 Å². The van der Waals surface area contributed by atoms with Gasteiger partial charge in [0.2, 0.25) is 0 Å². The van der Waals surface area contributed by atoms with Crippen LogP contribution in [-0.2, 0) is 4.74 Å². The molecule has 2 aromatic rings. The molecular weight excluding hydrogens is 300 g/mol. The maximum atomic E-state index is 11.6. The van der Waals surface area contributed by atoms with Gasteiger partial charge >= 0.3 is 6.09 Å². The second kappa shape index (κ2) is 4.56. The molecule has 0 saturated heterocycles. The Morgan fingerprint density at radius 2 is 2.17 bits per heavy atom. The van der Waals surface area contributed by atoms with Gasteiger partial charge in [-0.05, 0) is 36.7 Å². The number of anilines is 1. The maximum Gasteiger partial charge on any atom is 0.413 e. The Morgan fingerprint density at radius 1 is 1.44 bits per heavy atom. The van der Waals surface area contributed by atoms with Gasteiger partial charge in [0, 0.05) is 6.20 Å². The van der Waals surface area contributed by atoms with Crippen molar-refractivity contribution >= 4 is 33.5 Å². The fourth-order valence-electron chi connectivity index (χ4n) is 1.34. The Hall–Kier alpha value is -1.63. The van der Waals surface area contributed by atoms with Crippen LogP contribution in [0.25, 0.3) is 5.65 Å². The SMILES string of the molecule is CC(C)(C)OC(=O)Nc1cn2cc(Br)ncc2n1. The van der Waals surface area contributed by atoms with Crippen LogP contribution in [0, 0.1) is 0 Å². The second-order valence-electron chi connectivity index (χ2n) is 4.73. The summed E-state index contributed by atoms with van der Waals surface area (Å²) < 4.78 is 7.58. The molecule has 0 atom stereocenters. The number of nitrogens with one attached hydrogen (secondary N) is 1. The summed E-state index contributed by atoms with van der Waals surface area (Å²) in [5.41, 5.74) is 0.109. The molecule has 1 N–H and O–H groups in total. The van der Waals surface area contributed by atoms with Gasteiger partial charge in [-0.2, -0.15) is 0 Å². The average molecular weight is 313 g/mol. The molecule has 0 spiro atoms. The van der Waals surface area contributed by atoms with Crippen LogP contribution in [0.4, 0.5) is 10.6 Å². The summed E-state index contributed by atoms with van der Waals surface area (Å²) in [5.74, 6) is 0.421. The predicted octanol–water partition coefficient (Wildman–Crippen LogP) is 2.84. The van der Waals surface area contributed by atoms with Crippen LogP contribution in [0.5, 0.6) is 0 Å². The highest BCUT2D eigenvalue weighted by Crippen LogP contribution is 2.14. The molecule has 6 nitrogen and oxygen atoms in total. The number of fused-ring (bicyclic) bond motifs is 1. The van der Waals surface area contributed by atoms with Crippen molar-refractivity contribution in [2.45, 2.75) is 26.4 Å². The van der Waals surface area contributed by atoms with E-state index >= 15 is 0 Å². The number of aromatic nitrogens is 3. The fraction of sp³-hybridized carbons (Fsp3) is 0.364. The van der Waals surface area contributed by atoms with E-state index in [4.69, 9.17) is 4.74 Å². The number of nitrogens with zero attached hydrogens (tertiary/aromatic N) is 3. The maximum absolute atomic E-state index is 11.6. The summed E-state index contributed by atoms with van der Waals surface area (Å²) in [6, 6.07) is 0. The molecule has 7 heteroatoms. The molecule has 0 saturated carbocycles. The molecule has 0 aliphatic heterocycles. The van der Waals surface area contributed by atoms with E-state index in [-0.39, 0.29) is 0 Å². The first-order valence-corrected chi connectivity index (χ1v) is 6.13. The number of hydrogen-bond donors (Lipinski definition) is 1. The van der Waals surface area contributed by atoms with Crippen LogP contribution >= 0.6 is 15.9 Å². The van der Waals surface area contributed by atoms with Crippen molar-refractivity contribution < 1.29 is 9.53 Å². The van der Waals surface area contributed by atoms with Gasteiger partial charge in [0.05, 0.1) is 12.4 Å². The molecule has 0 unspecified atom stereocenters. The van der Waals surface area contributed by atoms with Gasteiger partial charge in [-0.25, -0.2) is 14.8 Å². The highest BCUT2D eigenvalue weighted by atomic mass is 79.9. The van der Waals surface area contributed by atoms with Crippen molar-refractivity contribution in [3.63, 3.8) is 0 Å². The van der Waals surface area contributed by atoms with Crippen molar-refractivity contribution in [2.75, 3.05) is 5.32 Å². The quantitative estimate of drug-likeness (QED) is 0.879. The van der Waals surface area contributed by atoms with Crippen LogP contribution in [0.15, 0.2) is 23.2 Å². The molecule has 18 heavy (non-hydrogen) atoms. The minimum absolute atomic E-state index is 0.421. The van der Waals surface area contributed by atoms with E-state index in [9.17, 15) is 4.79 Å². The number of hydrogen-bond acceptors (Lipinski definition) is 4. The van der Waals surface area contributed by atoms with Crippen molar-refractivity contribution in [3.05, 3.63) is 23.2 Å². The van der Waals surface area contributed by atoms with Gasteiger partial charge in [-0.1, -0.05) is 0 Å². The van der Waals surface area contributed by atoms with E-state index in [1.54, 1.807) is 43.8 Å². The van der Waals surface area contributed by atoms with E-state index < -0.39 is 11.7 Å². The third-order valence-corrected chi connectivity index (χ3v) is 2.35. The Labute approximate surface area is 113 Å². The lowest BCUT2D eigenvalue weighted by molar-refractivity contribution is 0.0635. The van der Waals surface area contributed by atoms with Gasteiger partial charge in [-0.15, -0.1) is 0 Å². The smallest absolute Gasteiger partial charge is 0.413 e. The molecule has 2 heterocycles. The first-order valence-electron chi connectivity index (χ1n) is 5.34. The van der Waals surface area contributed by atoms with Crippen LogP contribution < -0.4 is 5.32 Å². The number of halogens is 1. The number of carbonyl (C=O) groups excluding carboxylic acids is 1. The number of rotatable bonds is 1. The average Bonchev–Trinajstić information content (AvgIpc) is 2.55. The third-order valence-electron chi connectivity index (χ3n) is 1.94. The highest BCUT2D eigenvalue weighted by molar-refractivity contribution is 9.10. The zero-order chi connectivity index (χ0) is 13.3. The standard InChI is InChI=1S/C11H13BrN4O2/c1-11(2,3)18-10(17)15-8-6-16-5-7(12)13-4-9(16)14-8/h4-6H,1-3H3,(H,15,17). The molecule has 1 amide bonds. The van der Waals surface area contributed by atoms with Crippen molar-refractivity contribution in [3.8, 4) is 0 Å². The first-order chi connectivity index (χ1) is 8.33. The lowest BCUT2D eigenvalue weighted by atomic mass is 10.2. The monoisotopic (exact) mass is 312 g/mol. The normalized spacial score (nSPS) is 11.6. The predicted molar refractivity (Wildman–Crippen MR) is 70.5 cm³/mol. The molecule has 0 radical (unpaired) electrons. The summed E-state index contributed by atoms with van der Waals surface area (Å²) >= 11 is 3.26. The number of imidazole rings is 1. The lowest BCUT2D eigenvalue weighted by Crippen LogP contribution is -2.27.